The lowest BCUT2D eigenvalue weighted by Crippen LogP contribution is -1.99. The molecule has 0 saturated carbocycles. The molecule has 2 aromatic heterocycles. The summed E-state index contributed by atoms with van der Waals surface area (Å²) in [6.45, 7) is 0.693. The Hall–Kier alpha value is -2.72. The van der Waals surface area contributed by atoms with Crippen molar-refractivity contribution in [1.29, 1.82) is 0 Å². The quantitative estimate of drug-likeness (QED) is 0.531. The summed E-state index contributed by atoms with van der Waals surface area (Å²) in [4.78, 5) is 12.5. The summed E-state index contributed by atoms with van der Waals surface area (Å²) in [5.74, 6) is 0. The van der Waals surface area contributed by atoms with Crippen LogP contribution in [0.4, 0.5) is 0 Å². The first-order valence-electron chi connectivity index (χ1n) is 7.27. The first kappa shape index (κ1) is 13.9. The Morgan fingerprint density at radius 1 is 0.826 bits per heavy atom. The molecule has 23 heavy (non-hydrogen) atoms. The first-order valence-corrected chi connectivity index (χ1v) is 7.65. The van der Waals surface area contributed by atoms with E-state index in [1.54, 1.807) is 6.33 Å². The minimum atomic E-state index is 0.383. The van der Waals surface area contributed by atoms with Crippen LogP contribution in [-0.4, -0.2) is 19.5 Å². The summed E-state index contributed by atoms with van der Waals surface area (Å²) in [7, 11) is 0. The predicted octanol–water partition coefficient (Wildman–Crippen LogP) is 4.20. The lowest BCUT2D eigenvalue weighted by molar-refractivity contribution is 0.813. The summed E-state index contributed by atoms with van der Waals surface area (Å²) in [6.07, 6.45) is 3.21. The second kappa shape index (κ2) is 5.82. The zero-order chi connectivity index (χ0) is 15.6. The van der Waals surface area contributed by atoms with Crippen LogP contribution in [0.25, 0.3) is 22.3 Å². The average molecular weight is 321 g/mol. The molecule has 112 valence electrons. The van der Waals surface area contributed by atoms with Crippen LogP contribution >= 0.6 is 11.6 Å². The highest BCUT2D eigenvalue weighted by molar-refractivity contribution is 6.33. The zero-order valence-electron chi connectivity index (χ0n) is 12.2. The molecule has 0 radical (unpaired) electrons. The highest BCUT2D eigenvalue weighted by Crippen LogP contribution is 2.21. The van der Waals surface area contributed by atoms with E-state index in [0.717, 1.165) is 5.65 Å². The first-order chi connectivity index (χ1) is 11.3. The number of hydrogen-bond donors (Lipinski definition) is 0. The summed E-state index contributed by atoms with van der Waals surface area (Å²) in [5, 5.41) is 0.383. The Bertz CT molecular complexity index is 946. The molecule has 0 atom stereocenters. The fourth-order valence-electron chi connectivity index (χ4n) is 2.60. The lowest BCUT2D eigenvalue weighted by atomic mass is 10.0. The molecule has 0 bridgehead atoms. The van der Waals surface area contributed by atoms with Crippen LogP contribution in [0.5, 0.6) is 0 Å². The van der Waals surface area contributed by atoms with Crippen molar-refractivity contribution in [3.63, 3.8) is 0 Å². The SMILES string of the molecule is Clc1ncnc2c1ncn2Cc1ccc(-c2ccccc2)cc1. The van der Waals surface area contributed by atoms with Gasteiger partial charge in [0.2, 0.25) is 0 Å². The van der Waals surface area contributed by atoms with Gasteiger partial charge >= 0.3 is 0 Å². The molecule has 2 heterocycles. The third-order valence-electron chi connectivity index (χ3n) is 3.77. The van der Waals surface area contributed by atoms with E-state index in [0.29, 0.717) is 17.2 Å². The Kier molecular flexibility index (Phi) is 3.52. The zero-order valence-corrected chi connectivity index (χ0v) is 13.0. The van der Waals surface area contributed by atoms with Crippen molar-refractivity contribution < 1.29 is 0 Å². The molecule has 0 spiro atoms. The van der Waals surface area contributed by atoms with Gasteiger partial charge in [-0.15, -0.1) is 0 Å². The van der Waals surface area contributed by atoms with Gasteiger partial charge in [0.1, 0.15) is 11.8 Å². The normalized spacial score (nSPS) is 11.0. The van der Waals surface area contributed by atoms with Crippen LogP contribution < -0.4 is 0 Å². The fraction of sp³-hybridized carbons (Fsp3) is 0.0556. The van der Waals surface area contributed by atoms with E-state index in [1.807, 2.05) is 22.8 Å². The van der Waals surface area contributed by atoms with Crippen LogP contribution in [0.3, 0.4) is 0 Å². The van der Waals surface area contributed by atoms with Crippen molar-refractivity contribution in [2.75, 3.05) is 0 Å². The molecule has 0 amide bonds. The van der Waals surface area contributed by atoms with Crippen molar-refractivity contribution in [2.45, 2.75) is 6.54 Å². The number of benzene rings is 2. The summed E-state index contributed by atoms with van der Waals surface area (Å²) >= 11 is 6.04. The standard InChI is InChI=1S/C18H13ClN4/c19-17-16-18(21-11-20-17)23(12-22-16)10-13-6-8-15(9-7-13)14-4-2-1-3-5-14/h1-9,11-12H,10H2. The third-order valence-corrected chi connectivity index (χ3v) is 4.05. The third kappa shape index (κ3) is 2.69. The lowest BCUT2D eigenvalue weighted by Gasteiger charge is -2.06. The maximum absolute atomic E-state index is 6.04. The predicted molar refractivity (Wildman–Crippen MR) is 91.3 cm³/mol. The minimum absolute atomic E-state index is 0.383. The molecular weight excluding hydrogens is 308 g/mol. The number of rotatable bonds is 3. The molecule has 0 N–H and O–H groups in total. The van der Waals surface area contributed by atoms with Crippen LogP contribution in [0.15, 0.2) is 67.3 Å². The largest absolute Gasteiger partial charge is 0.311 e. The van der Waals surface area contributed by atoms with Crippen LogP contribution in [0.2, 0.25) is 5.15 Å². The van der Waals surface area contributed by atoms with E-state index in [-0.39, 0.29) is 0 Å². The van der Waals surface area contributed by atoms with E-state index in [4.69, 9.17) is 11.6 Å². The number of nitrogens with zero attached hydrogens (tertiary/aromatic N) is 4. The molecule has 4 aromatic rings. The van der Waals surface area contributed by atoms with Gasteiger partial charge in [0, 0.05) is 0 Å². The second-order valence-corrected chi connectivity index (χ2v) is 5.63. The Labute approximate surface area is 138 Å². The number of hydrogen-bond acceptors (Lipinski definition) is 3. The van der Waals surface area contributed by atoms with Crippen molar-refractivity contribution >= 4 is 22.8 Å². The fourth-order valence-corrected chi connectivity index (χ4v) is 2.77. The Morgan fingerprint density at radius 3 is 2.35 bits per heavy atom. The molecule has 5 heteroatoms. The second-order valence-electron chi connectivity index (χ2n) is 5.27. The van der Waals surface area contributed by atoms with E-state index in [1.165, 1.54) is 23.0 Å². The molecule has 2 aromatic carbocycles. The van der Waals surface area contributed by atoms with E-state index in [9.17, 15) is 0 Å². The monoisotopic (exact) mass is 320 g/mol. The number of halogens is 1. The number of fused-ring (bicyclic) bond motifs is 1. The summed E-state index contributed by atoms with van der Waals surface area (Å²) in [5.41, 5.74) is 4.98. The summed E-state index contributed by atoms with van der Waals surface area (Å²) in [6, 6.07) is 18.8. The van der Waals surface area contributed by atoms with Gasteiger partial charge in [-0.3, -0.25) is 0 Å². The molecule has 0 aliphatic rings. The van der Waals surface area contributed by atoms with E-state index in [2.05, 4.69) is 51.4 Å². The average Bonchev–Trinajstić information content (AvgIpc) is 3.01. The van der Waals surface area contributed by atoms with Crippen molar-refractivity contribution in [3.05, 3.63) is 78.0 Å². The molecular formula is C18H13ClN4. The molecule has 4 nitrogen and oxygen atoms in total. The molecule has 0 aliphatic carbocycles. The van der Waals surface area contributed by atoms with Gasteiger partial charge in [-0.25, -0.2) is 15.0 Å². The van der Waals surface area contributed by atoms with Gasteiger partial charge in [-0.2, -0.15) is 0 Å². The summed E-state index contributed by atoms with van der Waals surface area (Å²) < 4.78 is 1.97. The van der Waals surface area contributed by atoms with E-state index >= 15 is 0 Å². The maximum Gasteiger partial charge on any atom is 0.165 e. The van der Waals surface area contributed by atoms with Gasteiger partial charge < -0.3 is 4.57 Å². The Morgan fingerprint density at radius 2 is 1.57 bits per heavy atom. The van der Waals surface area contributed by atoms with Crippen molar-refractivity contribution in [2.24, 2.45) is 0 Å². The highest BCUT2D eigenvalue weighted by Gasteiger charge is 2.08. The molecule has 0 aliphatic heterocycles. The molecule has 0 fully saturated rings. The van der Waals surface area contributed by atoms with Crippen molar-refractivity contribution in [3.8, 4) is 11.1 Å². The smallest absolute Gasteiger partial charge is 0.165 e. The minimum Gasteiger partial charge on any atom is -0.311 e. The highest BCUT2D eigenvalue weighted by atomic mass is 35.5. The topological polar surface area (TPSA) is 43.6 Å². The molecule has 0 saturated heterocycles. The molecule has 4 rings (SSSR count). The van der Waals surface area contributed by atoms with Crippen LogP contribution in [0, 0.1) is 0 Å². The van der Waals surface area contributed by atoms with Crippen LogP contribution in [-0.2, 0) is 6.54 Å². The van der Waals surface area contributed by atoms with Gasteiger partial charge in [0.25, 0.3) is 0 Å². The van der Waals surface area contributed by atoms with Gasteiger partial charge in [-0.05, 0) is 16.7 Å². The number of aromatic nitrogens is 4. The van der Waals surface area contributed by atoms with Gasteiger partial charge in [0.15, 0.2) is 10.8 Å². The van der Waals surface area contributed by atoms with E-state index < -0.39 is 0 Å². The maximum atomic E-state index is 6.04. The van der Waals surface area contributed by atoms with Crippen molar-refractivity contribution in [1.82, 2.24) is 19.5 Å². The van der Waals surface area contributed by atoms with Gasteiger partial charge in [-0.1, -0.05) is 66.2 Å². The Balaban J connectivity index is 1.63. The molecule has 0 unspecified atom stereocenters. The van der Waals surface area contributed by atoms with Crippen LogP contribution in [0.1, 0.15) is 5.56 Å². The van der Waals surface area contributed by atoms with Gasteiger partial charge in [0.05, 0.1) is 12.9 Å². The number of imidazole rings is 1.